The van der Waals surface area contributed by atoms with Crippen LogP contribution in [-0.2, 0) is 4.79 Å². The van der Waals surface area contributed by atoms with Crippen molar-refractivity contribution in [3.8, 4) is 0 Å². The molecule has 0 bridgehead atoms. The van der Waals surface area contributed by atoms with Gasteiger partial charge in [-0.05, 0) is 52.8 Å². The number of hydrogen-bond acceptors (Lipinski definition) is 5. The van der Waals surface area contributed by atoms with Crippen LogP contribution in [0, 0.1) is 0 Å². The summed E-state index contributed by atoms with van der Waals surface area (Å²) < 4.78 is -0.253. The van der Waals surface area contributed by atoms with Gasteiger partial charge in [0.05, 0.1) is 16.6 Å². The summed E-state index contributed by atoms with van der Waals surface area (Å²) in [6.45, 7) is 10.5. The predicted octanol–water partition coefficient (Wildman–Crippen LogP) is 5.66. The van der Waals surface area contributed by atoms with Crippen LogP contribution < -0.4 is 10.6 Å². The van der Waals surface area contributed by atoms with Crippen LogP contribution in [0.1, 0.15) is 57.0 Å². The van der Waals surface area contributed by atoms with Crippen molar-refractivity contribution >= 4 is 34.7 Å². The molecule has 0 aromatic heterocycles. The van der Waals surface area contributed by atoms with E-state index in [2.05, 4.69) is 38.3 Å². The monoisotopic (exact) mass is 420 g/mol. The Bertz CT molecular complexity index is 1050. The second kappa shape index (κ2) is 7.31. The second-order valence-corrected chi connectivity index (χ2v) is 11.2. The first-order chi connectivity index (χ1) is 14.1. The van der Waals surface area contributed by atoms with Gasteiger partial charge in [-0.2, -0.15) is 0 Å². The Kier molecular flexibility index (Phi) is 5.05. The number of nitrogens with one attached hydrogen (secondary N) is 2. The van der Waals surface area contributed by atoms with Crippen LogP contribution in [0.15, 0.2) is 59.8 Å². The largest absolute Gasteiger partial charge is 0.378 e. The first kappa shape index (κ1) is 20.7. The number of fused-ring (bicyclic) bond motifs is 1. The first-order valence-electron chi connectivity index (χ1n) is 10.3. The molecule has 0 amide bonds. The maximum Gasteiger partial charge on any atom is 0.193 e. The topological polar surface area (TPSA) is 58.2 Å². The maximum atomic E-state index is 13.0. The molecule has 2 heterocycles. The average Bonchev–Trinajstić information content (AvgIpc) is 2.80. The number of hydrogen-bond donors (Lipinski definition) is 2. The molecule has 4 rings (SSSR count). The number of Topliss-reactive ketones (excluding diaryl/α,β-unsaturated/α-hetero) is 1. The molecule has 2 aromatic carbocycles. The molecule has 1 atom stereocenters. The number of carbonyl (C=O) groups is 2. The molecule has 1 fully saturated rings. The summed E-state index contributed by atoms with van der Waals surface area (Å²) in [6.07, 6.45) is 0.696. The zero-order valence-electron chi connectivity index (χ0n) is 18.1. The van der Waals surface area contributed by atoms with Crippen LogP contribution in [-0.4, -0.2) is 27.1 Å². The molecule has 1 unspecified atom stereocenters. The minimum Gasteiger partial charge on any atom is -0.378 e. The number of thioether (sulfide) groups is 1. The van der Waals surface area contributed by atoms with E-state index >= 15 is 0 Å². The third-order valence-corrected chi connectivity index (χ3v) is 7.05. The van der Waals surface area contributed by atoms with Gasteiger partial charge >= 0.3 is 0 Å². The highest BCUT2D eigenvalue weighted by Gasteiger charge is 2.44. The quantitative estimate of drug-likeness (QED) is 0.485. The van der Waals surface area contributed by atoms with Gasteiger partial charge < -0.3 is 10.6 Å². The van der Waals surface area contributed by atoms with E-state index in [1.54, 1.807) is 11.8 Å². The highest BCUT2D eigenvalue weighted by Crippen LogP contribution is 2.48. The van der Waals surface area contributed by atoms with Crippen LogP contribution in [0.2, 0.25) is 0 Å². The summed E-state index contributed by atoms with van der Waals surface area (Å²) in [4.78, 5) is 26.0. The van der Waals surface area contributed by atoms with E-state index in [1.165, 1.54) is 0 Å². The molecule has 156 valence electrons. The zero-order chi connectivity index (χ0) is 21.7. The molecular formula is C25H28N2O2S. The molecule has 0 radical (unpaired) electrons. The van der Waals surface area contributed by atoms with Crippen molar-refractivity contribution < 1.29 is 9.59 Å². The molecule has 1 saturated heterocycles. The minimum absolute atomic E-state index is 0.0145. The molecule has 2 aliphatic heterocycles. The number of carbonyl (C=O) groups excluding carboxylic acids is 2. The smallest absolute Gasteiger partial charge is 0.193 e. The fourth-order valence-corrected chi connectivity index (χ4v) is 5.88. The third kappa shape index (κ3) is 3.79. The van der Waals surface area contributed by atoms with E-state index in [0.29, 0.717) is 17.5 Å². The van der Waals surface area contributed by atoms with Gasteiger partial charge in [0.15, 0.2) is 11.6 Å². The van der Waals surface area contributed by atoms with E-state index in [9.17, 15) is 9.59 Å². The van der Waals surface area contributed by atoms with Crippen LogP contribution in [0.4, 0.5) is 11.4 Å². The number of ketones is 2. The Morgan fingerprint density at radius 3 is 2.33 bits per heavy atom. The van der Waals surface area contributed by atoms with Gasteiger partial charge in [0.25, 0.3) is 0 Å². The Morgan fingerprint density at radius 2 is 1.70 bits per heavy atom. The molecule has 5 heteroatoms. The van der Waals surface area contributed by atoms with E-state index in [0.717, 1.165) is 22.6 Å². The highest BCUT2D eigenvalue weighted by atomic mass is 32.2. The number of anilines is 2. The van der Waals surface area contributed by atoms with E-state index < -0.39 is 0 Å². The lowest BCUT2D eigenvalue weighted by atomic mass is 9.89. The van der Waals surface area contributed by atoms with Gasteiger partial charge in [0, 0.05) is 39.1 Å². The molecule has 0 aliphatic carbocycles. The van der Waals surface area contributed by atoms with E-state index in [4.69, 9.17) is 0 Å². The predicted molar refractivity (Wildman–Crippen MR) is 125 cm³/mol. The first-order valence-corrected chi connectivity index (χ1v) is 11.2. The van der Waals surface area contributed by atoms with Gasteiger partial charge in [-0.1, -0.05) is 30.3 Å². The SMILES string of the molecule is CC1SC(C)(C)/C(=C2\CC(C)(C)Nc3ccc(C(=O)c4ccccc4)cc3N2)C1=O. The zero-order valence-corrected chi connectivity index (χ0v) is 18.9. The summed E-state index contributed by atoms with van der Waals surface area (Å²) in [7, 11) is 0. The van der Waals surface area contributed by atoms with Crippen molar-refractivity contribution in [2.24, 2.45) is 0 Å². The molecule has 2 N–H and O–H groups in total. The van der Waals surface area contributed by atoms with Crippen molar-refractivity contribution in [3.63, 3.8) is 0 Å². The normalized spacial score (nSPS) is 24.4. The Hall–Kier alpha value is -2.53. The highest BCUT2D eigenvalue weighted by molar-refractivity contribution is 8.02. The molecular weight excluding hydrogens is 392 g/mol. The van der Waals surface area contributed by atoms with Gasteiger partial charge in [-0.25, -0.2) is 0 Å². The van der Waals surface area contributed by atoms with E-state index in [1.807, 2.05) is 55.5 Å². The Morgan fingerprint density at radius 1 is 1.00 bits per heavy atom. The summed E-state index contributed by atoms with van der Waals surface area (Å²) in [5, 5.41) is 7.08. The van der Waals surface area contributed by atoms with Crippen LogP contribution in [0.25, 0.3) is 0 Å². The Balaban J connectivity index is 1.80. The molecule has 0 spiro atoms. The standard InChI is InChI=1S/C25H28N2O2S/c1-15-22(28)21(25(4,5)30-15)20-14-24(2,3)27-18-12-11-17(13-19(18)26-20)23(29)16-9-7-6-8-10-16/h6-13,15,26-27H,14H2,1-5H3/b21-20+. The van der Waals surface area contributed by atoms with Gasteiger partial charge in [0.2, 0.25) is 0 Å². The van der Waals surface area contributed by atoms with Crippen molar-refractivity contribution in [2.45, 2.75) is 56.6 Å². The number of rotatable bonds is 2. The van der Waals surface area contributed by atoms with Crippen LogP contribution in [0.5, 0.6) is 0 Å². The summed E-state index contributed by atoms with van der Waals surface area (Å²) in [5.41, 5.74) is 4.62. The lowest BCUT2D eigenvalue weighted by Gasteiger charge is -2.28. The van der Waals surface area contributed by atoms with Crippen molar-refractivity contribution in [3.05, 3.63) is 70.9 Å². The minimum atomic E-state index is -0.253. The molecule has 30 heavy (non-hydrogen) atoms. The lowest BCUT2D eigenvalue weighted by Crippen LogP contribution is -2.32. The van der Waals surface area contributed by atoms with Crippen molar-refractivity contribution in [2.75, 3.05) is 10.6 Å². The van der Waals surface area contributed by atoms with E-state index in [-0.39, 0.29) is 27.1 Å². The fourth-order valence-electron chi connectivity index (χ4n) is 4.43. The summed E-state index contributed by atoms with van der Waals surface area (Å²) >= 11 is 1.70. The summed E-state index contributed by atoms with van der Waals surface area (Å²) in [6, 6.07) is 15.0. The van der Waals surface area contributed by atoms with Gasteiger partial charge in [-0.3, -0.25) is 9.59 Å². The average molecular weight is 421 g/mol. The van der Waals surface area contributed by atoms with Crippen LogP contribution >= 0.6 is 11.8 Å². The Labute approximate surface area is 182 Å². The third-order valence-electron chi connectivity index (χ3n) is 5.69. The second-order valence-electron chi connectivity index (χ2n) is 9.25. The van der Waals surface area contributed by atoms with Gasteiger partial charge in [-0.15, -0.1) is 11.8 Å². The lowest BCUT2D eigenvalue weighted by molar-refractivity contribution is -0.114. The maximum absolute atomic E-state index is 13.0. The molecule has 4 nitrogen and oxygen atoms in total. The summed E-state index contributed by atoms with van der Waals surface area (Å²) in [5.74, 6) is 0.183. The van der Waals surface area contributed by atoms with Gasteiger partial charge in [0.1, 0.15) is 0 Å². The molecule has 0 saturated carbocycles. The van der Waals surface area contributed by atoms with Crippen LogP contribution in [0.3, 0.4) is 0 Å². The fraction of sp³-hybridized carbons (Fsp3) is 0.360. The molecule has 2 aromatic rings. The molecule has 2 aliphatic rings. The van der Waals surface area contributed by atoms with Crippen molar-refractivity contribution in [1.82, 2.24) is 0 Å². The van der Waals surface area contributed by atoms with Crippen molar-refractivity contribution in [1.29, 1.82) is 0 Å². The number of benzene rings is 2.